The highest BCUT2D eigenvalue weighted by atomic mass is 79.9. The number of unbranched alkanes of at least 4 members (excludes halogenated alkanes) is 19. The minimum Gasteiger partial charge on any atom is -1.00 e. The Morgan fingerprint density at radius 3 is 1.41 bits per heavy atom. The van der Waals surface area contributed by atoms with E-state index in [1.165, 1.54) is 145 Å². The Hall–Kier alpha value is -0.890. The molecule has 194 valence electrons. The number of halogens is 1. The van der Waals surface area contributed by atoms with Crippen LogP contribution in [0.5, 0.6) is 0 Å². The van der Waals surface area contributed by atoms with E-state index in [2.05, 4.69) is 54.9 Å². The maximum Gasteiger partial charge on any atom is 0.212 e. The first-order chi connectivity index (χ1) is 16.3. The summed E-state index contributed by atoms with van der Waals surface area (Å²) in [5.41, 5.74) is 2.76. The van der Waals surface area contributed by atoms with Gasteiger partial charge in [0.25, 0.3) is 0 Å². The zero-order valence-corrected chi connectivity index (χ0v) is 24.2. The first kappa shape index (κ1) is 31.1. The van der Waals surface area contributed by atoms with Gasteiger partial charge in [-0.3, -0.25) is 0 Å². The average Bonchev–Trinajstić information content (AvgIpc) is 2.84. The molecule has 0 aliphatic heterocycles. The van der Waals surface area contributed by atoms with Crippen LogP contribution in [0.1, 0.15) is 141 Å². The molecule has 34 heavy (non-hydrogen) atoms. The molecule has 2 rings (SSSR count). The van der Waals surface area contributed by atoms with Gasteiger partial charge in [-0.1, -0.05) is 135 Å². The number of rotatable bonds is 21. The minimum absolute atomic E-state index is 0. The molecule has 0 bridgehead atoms. The Kier molecular flexibility index (Phi) is 19.6. The van der Waals surface area contributed by atoms with Crippen molar-refractivity contribution in [3.63, 3.8) is 0 Å². The maximum atomic E-state index is 2.44. The van der Waals surface area contributed by atoms with E-state index in [0.29, 0.717) is 0 Å². The van der Waals surface area contributed by atoms with E-state index in [1.807, 2.05) is 0 Å². The second kappa shape index (κ2) is 21.4. The first-order valence-corrected chi connectivity index (χ1v) is 14.7. The number of pyridine rings is 1. The molecule has 0 unspecified atom stereocenters. The summed E-state index contributed by atoms with van der Waals surface area (Å²) in [6.07, 6.45) is 31.1. The highest BCUT2D eigenvalue weighted by Gasteiger charge is 2.09. The van der Waals surface area contributed by atoms with Crippen molar-refractivity contribution < 1.29 is 21.5 Å². The largest absolute Gasteiger partial charge is 1.00 e. The fraction of sp³-hybridized carbons (Fsp3) is 0.719. The smallest absolute Gasteiger partial charge is 0.212 e. The van der Waals surface area contributed by atoms with Gasteiger partial charge in [-0.25, -0.2) is 0 Å². The Morgan fingerprint density at radius 1 is 0.529 bits per heavy atom. The summed E-state index contributed by atoms with van der Waals surface area (Å²) in [4.78, 5) is 0. The van der Waals surface area contributed by atoms with Crippen LogP contribution < -0.4 is 21.5 Å². The number of aryl methyl sites for hydroxylation is 2. The van der Waals surface area contributed by atoms with Gasteiger partial charge in [0.05, 0.1) is 0 Å². The third-order valence-corrected chi connectivity index (χ3v) is 7.40. The summed E-state index contributed by atoms with van der Waals surface area (Å²) in [5, 5.41) is 1.40. The Morgan fingerprint density at radius 2 is 0.941 bits per heavy atom. The summed E-state index contributed by atoms with van der Waals surface area (Å²) in [6.45, 7) is 5.67. The van der Waals surface area contributed by atoms with E-state index in [0.717, 1.165) is 6.54 Å². The van der Waals surface area contributed by atoms with Crippen molar-refractivity contribution in [2.75, 3.05) is 0 Å². The molecule has 1 nitrogen and oxygen atoms in total. The zero-order chi connectivity index (χ0) is 23.4. The molecule has 0 saturated heterocycles. The molecule has 1 aromatic carbocycles. The second-order valence-electron chi connectivity index (χ2n) is 10.4. The Bertz CT molecular complexity index is 726. The third kappa shape index (κ3) is 13.9. The van der Waals surface area contributed by atoms with Crippen LogP contribution in [0.2, 0.25) is 0 Å². The van der Waals surface area contributed by atoms with Gasteiger partial charge < -0.3 is 17.0 Å². The number of benzene rings is 1. The summed E-state index contributed by atoms with van der Waals surface area (Å²) in [6, 6.07) is 11.1. The van der Waals surface area contributed by atoms with Crippen LogP contribution in [0.3, 0.4) is 0 Å². The molecular weight excluding hydrogens is 478 g/mol. The van der Waals surface area contributed by atoms with Crippen molar-refractivity contribution in [3.05, 3.63) is 42.1 Å². The standard InChI is InChI=1S/C32H54N.BrH/c1-3-4-5-6-7-8-9-10-11-12-13-14-15-16-17-18-19-20-21-24-28-33-29-27-30(2)31-25-22-23-26-32(31)33;/h22-23,25-27,29H,3-21,24,28H2,1-2H3;1H/q+1;/p-1. The van der Waals surface area contributed by atoms with Gasteiger partial charge >= 0.3 is 0 Å². The van der Waals surface area contributed by atoms with Crippen molar-refractivity contribution in [2.45, 2.75) is 149 Å². The summed E-state index contributed by atoms with van der Waals surface area (Å²) in [5.74, 6) is 0. The molecule has 0 amide bonds. The molecule has 0 aliphatic carbocycles. The molecule has 0 aliphatic rings. The molecule has 0 N–H and O–H groups in total. The summed E-state index contributed by atoms with van der Waals surface area (Å²) < 4.78 is 2.44. The minimum atomic E-state index is 0. The topological polar surface area (TPSA) is 3.88 Å². The Balaban J connectivity index is 0.00000578. The SMILES string of the molecule is CCCCCCCCCCCCCCCCCCCCCC[n+]1ccc(C)c2ccccc21.[Br-]. The number of hydrogen-bond donors (Lipinski definition) is 0. The lowest BCUT2D eigenvalue weighted by atomic mass is 10.0. The van der Waals surface area contributed by atoms with Crippen molar-refractivity contribution in [3.8, 4) is 0 Å². The van der Waals surface area contributed by atoms with E-state index < -0.39 is 0 Å². The van der Waals surface area contributed by atoms with Gasteiger partial charge in [-0.05, 0) is 25.0 Å². The van der Waals surface area contributed by atoms with Crippen molar-refractivity contribution in [2.24, 2.45) is 0 Å². The van der Waals surface area contributed by atoms with Gasteiger partial charge in [-0.2, -0.15) is 4.57 Å². The molecule has 0 atom stereocenters. The predicted molar refractivity (Wildman–Crippen MR) is 147 cm³/mol. The van der Waals surface area contributed by atoms with E-state index in [9.17, 15) is 0 Å². The maximum absolute atomic E-state index is 2.44. The van der Waals surface area contributed by atoms with Crippen LogP contribution in [0.4, 0.5) is 0 Å². The lowest BCUT2D eigenvalue weighted by Gasteiger charge is -2.05. The highest BCUT2D eigenvalue weighted by Crippen LogP contribution is 2.16. The van der Waals surface area contributed by atoms with Gasteiger partial charge in [0, 0.05) is 23.9 Å². The lowest BCUT2D eigenvalue weighted by Crippen LogP contribution is -3.00. The predicted octanol–water partition coefficient (Wildman–Crippen LogP) is 7.26. The number of para-hydroxylation sites is 1. The van der Waals surface area contributed by atoms with E-state index >= 15 is 0 Å². The third-order valence-electron chi connectivity index (χ3n) is 7.40. The van der Waals surface area contributed by atoms with Crippen LogP contribution in [0.15, 0.2) is 36.5 Å². The van der Waals surface area contributed by atoms with Crippen LogP contribution in [-0.2, 0) is 6.54 Å². The second-order valence-corrected chi connectivity index (χ2v) is 10.4. The molecule has 1 heterocycles. The van der Waals surface area contributed by atoms with E-state index in [1.54, 1.807) is 0 Å². The van der Waals surface area contributed by atoms with Gasteiger partial charge in [0.15, 0.2) is 6.20 Å². The molecule has 0 saturated carbocycles. The number of aromatic nitrogens is 1. The van der Waals surface area contributed by atoms with E-state index in [-0.39, 0.29) is 17.0 Å². The van der Waals surface area contributed by atoms with Crippen LogP contribution in [0, 0.1) is 6.92 Å². The molecule has 0 spiro atoms. The number of nitrogens with zero attached hydrogens (tertiary/aromatic N) is 1. The monoisotopic (exact) mass is 531 g/mol. The molecule has 2 aromatic rings. The number of hydrogen-bond acceptors (Lipinski definition) is 0. The van der Waals surface area contributed by atoms with Crippen LogP contribution in [0.25, 0.3) is 10.9 Å². The van der Waals surface area contributed by atoms with Gasteiger partial charge in [-0.15, -0.1) is 0 Å². The van der Waals surface area contributed by atoms with Crippen molar-refractivity contribution in [1.82, 2.24) is 0 Å². The van der Waals surface area contributed by atoms with Crippen molar-refractivity contribution >= 4 is 10.9 Å². The van der Waals surface area contributed by atoms with Gasteiger partial charge in [0.2, 0.25) is 5.52 Å². The quantitative estimate of drug-likeness (QED) is 0.118. The van der Waals surface area contributed by atoms with Crippen molar-refractivity contribution in [1.29, 1.82) is 0 Å². The summed E-state index contributed by atoms with van der Waals surface area (Å²) in [7, 11) is 0. The van der Waals surface area contributed by atoms with Crippen LogP contribution >= 0.6 is 0 Å². The molecule has 1 aromatic heterocycles. The van der Waals surface area contributed by atoms with Gasteiger partial charge in [0.1, 0.15) is 6.54 Å². The Labute approximate surface area is 222 Å². The zero-order valence-electron chi connectivity index (χ0n) is 22.6. The first-order valence-electron chi connectivity index (χ1n) is 14.7. The normalized spacial score (nSPS) is 11.1. The molecule has 0 fully saturated rings. The fourth-order valence-electron chi connectivity index (χ4n) is 5.16. The average molecular weight is 533 g/mol. The fourth-order valence-corrected chi connectivity index (χ4v) is 5.16. The van der Waals surface area contributed by atoms with Crippen LogP contribution in [-0.4, -0.2) is 0 Å². The molecule has 0 radical (unpaired) electrons. The highest BCUT2D eigenvalue weighted by molar-refractivity contribution is 5.78. The molecular formula is C32H54BrN. The lowest BCUT2D eigenvalue weighted by molar-refractivity contribution is -0.671. The number of fused-ring (bicyclic) bond motifs is 1. The summed E-state index contributed by atoms with van der Waals surface area (Å²) >= 11 is 0. The van der Waals surface area contributed by atoms with E-state index in [4.69, 9.17) is 0 Å². The molecule has 2 heteroatoms.